The van der Waals surface area contributed by atoms with Gasteiger partial charge in [-0.15, -0.1) is 0 Å². The number of carbonyl (C=O) groups excluding carboxylic acids is 1. The Kier molecular flexibility index (Phi) is 19.9. The molecule has 1 aliphatic heterocycles. The maximum Gasteiger partial charge on any atom is 0.306 e. The smallest absolute Gasteiger partial charge is 0.306 e. The molecule has 1 heterocycles. The lowest BCUT2D eigenvalue weighted by Crippen LogP contribution is -2.55. The number of aliphatic hydroxyl groups excluding tert-OH is 4. The van der Waals surface area contributed by atoms with Crippen molar-refractivity contribution in [1.82, 2.24) is 0 Å². The summed E-state index contributed by atoms with van der Waals surface area (Å²) in [7, 11) is 0. The monoisotopic (exact) mass is 538 g/mol. The summed E-state index contributed by atoms with van der Waals surface area (Å²) in [6, 6.07) is 0. The molecule has 1 saturated heterocycles. The molecule has 0 radical (unpaired) electrons. The number of ether oxygens (including phenoxy) is 3. The van der Waals surface area contributed by atoms with Gasteiger partial charge >= 0.3 is 5.97 Å². The van der Waals surface area contributed by atoms with E-state index in [4.69, 9.17) is 14.2 Å². The number of carbonyl (C=O) groups is 1. The van der Waals surface area contributed by atoms with Crippen molar-refractivity contribution in [1.29, 1.82) is 0 Å². The summed E-state index contributed by atoms with van der Waals surface area (Å²) in [6.45, 7) is 2.81. The lowest BCUT2D eigenvalue weighted by molar-refractivity contribution is -0.292. The Morgan fingerprint density at radius 3 is 2.00 bits per heavy atom. The van der Waals surface area contributed by atoms with E-state index in [1.54, 1.807) is 6.92 Å². The fourth-order valence-electron chi connectivity index (χ4n) is 3.91. The zero-order valence-electron chi connectivity index (χ0n) is 23.2. The van der Waals surface area contributed by atoms with E-state index in [9.17, 15) is 25.2 Å². The molecule has 4 N–H and O–H groups in total. The van der Waals surface area contributed by atoms with Gasteiger partial charge < -0.3 is 34.6 Å². The van der Waals surface area contributed by atoms with Gasteiger partial charge in [0.25, 0.3) is 0 Å². The molecule has 6 atom stereocenters. The van der Waals surface area contributed by atoms with Crippen molar-refractivity contribution in [3.05, 3.63) is 48.6 Å². The minimum atomic E-state index is -1.12. The predicted molar refractivity (Wildman–Crippen MR) is 148 cm³/mol. The second kappa shape index (κ2) is 22.1. The average molecular weight is 539 g/mol. The third-order valence-corrected chi connectivity index (χ3v) is 6.38. The van der Waals surface area contributed by atoms with Crippen LogP contribution in [0, 0.1) is 5.92 Å². The number of hydrogen-bond donors (Lipinski definition) is 4. The molecule has 38 heavy (non-hydrogen) atoms. The van der Waals surface area contributed by atoms with Gasteiger partial charge in [0.05, 0.1) is 25.9 Å². The summed E-state index contributed by atoms with van der Waals surface area (Å²) in [5, 5.41) is 39.1. The van der Waals surface area contributed by atoms with Crippen LogP contribution in [0.1, 0.15) is 78.1 Å². The molecule has 8 nitrogen and oxygen atoms in total. The van der Waals surface area contributed by atoms with Gasteiger partial charge in [-0.05, 0) is 44.9 Å². The van der Waals surface area contributed by atoms with Crippen LogP contribution in [-0.2, 0) is 19.0 Å². The predicted octanol–water partition coefficient (Wildman–Crippen LogP) is 4.13. The summed E-state index contributed by atoms with van der Waals surface area (Å²) in [4.78, 5) is 12.1. The Morgan fingerprint density at radius 2 is 1.45 bits per heavy atom. The fraction of sp³-hybridized carbons (Fsp3) is 0.700. The Balaban J connectivity index is 2.14. The van der Waals surface area contributed by atoms with Crippen molar-refractivity contribution in [3.63, 3.8) is 0 Å². The largest absolute Gasteiger partial charge is 0.457 e. The van der Waals surface area contributed by atoms with Crippen molar-refractivity contribution in [3.8, 4) is 0 Å². The number of aliphatic hydroxyl groups is 4. The third kappa shape index (κ3) is 15.0. The number of hydrogen-bond acceptors (Lipinski definition) is 8. The third-order valence-electron chi connectivity index (χ3n) is 6.38. The van der Waals surface area contributed by atoms with Crippen molar-refractivity contribution in [2.45, 2.75) is 109 Å². The molecule has 1 fully saturated rings. The average Bonchev–Trinajstić information content (AvgIpc) is 2.92. The van der Waals surface area contributed by atoms with Crippen LogP contribution >= 0.6 is 0 Å². The minimum absolute atomic E-state index is 0.178. The van der Waals surface area contributed by atoms with E-state index >= 15 is 0 Å². The van der Waals surface area contributed by atoms with Crippen LogP contribution in [0.3, 0.4) is 0 Å². The van der Waals surface area contributed by atoms with E-state index in [0.717, 1.165) is 25.7 Å². The molecular weight excluding hydrogens is 488 g/mol. The molecule has 218 valence electrons. The summed E-state index contributed by atoms with van der Waals surface area (Å²) in [5.74, 6) is -1.01. The quantitative estimate of drug-likeness (QED) is 0.104. The highest BCUT2D eigenvalue weighted by Crippen LogP contribution is 2.26. The summed E-state index contributed by atoms with van der Waals surface area (Å²) in [5.41, 5.74) is 0. The molecule has 0 aromatic heterocycles. The van der Waals surface area contributed by atoms with E-state index in [-0.39, 0.29) is 13.0 Å². The van der Waals surface area contributed by atoms with E-state index in [1.807, 2.05) is 6.08 Å². The summed E-state index contributed by atoms with van der Waals surface area (Å²) in [6.07, 6.45) is 21.6. The highest BCUT2D eigenvalue weighted by molar-refractivity contribution is 5.69. The van der Waals surface area contributed by atoms with E-state index < -0.39 is 55.8 Å². The number of esters is 1. The molecule has 0 aromatic rings. The number of unbranched alkanes of at least 4 members (excludes halogenated alkanes) is 4. The van der Waals surface area contributed by atoms with Crippen LogP contribution in [0.25, 0.3) is 0 Å². The second-order valence-electron chi connectivity index (χ2n) is 9.67. The van der Waals surface area contributed by atoms with Crippen LogP contribution in [0.15, 0.2) is 48.6 Å². The molecule has 0 saturated carbocycles. The van der Waals surface area contributed by atoms with Gasteiger partial charge in [-0.3, -0.25) is 4.79 Å². The SMILES string of the molecule is CCCCC/C=C\C/C=C\C/C=C\C/C=C\CCCC(=O)OC(CO)CO[C@@H]1O[C@H](CO)[C@@H](O)[C@H](C)[C@H]1O. The van der Waals surface area contributed by atoms with Crippen molar-refractivity contribution in [2.75, 3.05) is 19.8 Å². The van der Waals surface area contributed by atoms with Crippen LogP contribution < -0.4 is 0 Å². The van der Waals surface area contributed by atoms with Gasteiger partial charge in [0, 0.05) is 12.3 Å². The molecule has 0 aliphatic carbocycles. The molecule has 1 unspecified atom stereocenters. The highest BCUT2D eigenvalue weighted by atomic mass is 16.7. The molecule has 0 bridgehead atoms. The Hall–Kier alpha value is -1.81. The van der Waals surface area contributed by atoms with E-state index in [1.165, 1.54) is 25.7 Å². The van der Waals surface area contributed by atoms with Crippen molar-refractivity contribution < 1.29 is 39.4 Å². The van der Waals surface area contributed by atoms with Crippen molar-refractivity contribution in [2.24, 2.45) is 5.92 Å². The van der Waals surface area contributed by atoms with Gasteiger partial charge in [-0.1, -0.05) is 75.3 Å². The summed E-state index contributed by atoms with van der Waals surface area (Å²) < 4.78 is 16.1. The molecule has 0 amide bonds. The molecule has 8 heteroatoms. The van der Waals surface area contributed by atoms with Crippen LogP contribution in [0.5, 0.6) is 0 Å². The number of allylic oxidation sites excluding steroid dienone is 8. The van der Waals surface area contributed by atoms with Crippen LogP contribution in [0.2, 0.25) is 0 Å². The van der Waals surface area contributed by atoms with Crippen LogP contribution in [0.4, 0.5) is 0 Å². The van der Waals surface area contributed by atoms with Gasteiger partial charge in [0.1, 0.15) is 18.3 Å². The van der Waals surface area contributed by atoms with Crippen LogP contribution in [-0.4, -0.2) is 76.9 Å². The first-order chi connectivity index (χ1) is 18.4. The number of rotatable bonds is 20. The first-order valence-corrected chi connectivity index (χ1v) is 14.1. The topological polar surface area (TPSA) is 126 Å². The van der Waals surface area contributed by atoms with Gasteiger partial charge in [-0.25, -0.2) is 0 Å². The molecular formula is C30H50O8. The van der Waals surface area contributed by atoms with E-state index in [0.29, 0.717) is 6.42 Å². The Labute approximate surface area is 228 Å². The standard InChI is InChI=1S/C30H50O8/c1-3-4-5-6-7-8-9-10-11-12-13-14-15-16-17-18-19-20-27(33)37-25(21-31)23-36-30-29(35)24(2)28(34)26(22-32)38-30/h7-8,10-11,13-14,16-17,24-26,28-32,34-35H,3-6,9,12,15,18-23H2,1-2H3/b8-7-,11-10-,14-13-,17-16-/t24-,25?,26+,28-,29+,30+/m0/s1. The zero-order chi connectivity index (χ0) is 28.0. The normalized spacial score (nSPS) is 25.3. The molecule has 0 spiro atoms. The van der Waals surface area contributed by atoms with Gasteiger partial charge in [0.15, 0.2) is 6.29 Å². The summed E-state index contributed by atoms with van der Waals surface area (Å²) >= 11 is 0. The maximum atomic E-state index is 12.1. The first kappa shape index (κ1) is 34.2. The lowest BCUT2D eigenvalue weighted by Gasteiger charge is -2.40. The fourth-order valence-corrected chi connectivity index (χ4v) is 3.91. The van der Waals surface area contributed by atoms with Gasteiger partial charge in [0.2, 0.25) is 0 Å². The second-order valence-corrected chi connectivity index (χ2v) is 9.67. The zero-order valence-corrected chi connectivity index (χ0v) is 23.2. The Morgan fingerprint density at radius 1 is 0.868 bits per heavy atom. The first-order valence-electron chi connectivity index (χ1n) is 14.1. The van der Waals surface area contributed by atoms with Crippen molar-refractivity contribution >= 4 is 5.97 Å². The molecule has 1 aliphatic rings. The lowest BCUT2D eigenvalue weighted by atomic mass is 9.91. The maximum absolute atomic E-state index is 12.1. The molecule has 1 rings (SSSR count). The van der Waals surface area contributed by atoms with E-state index in [2.05, 4.69) is 49.5 Å². The minimum Gasteiger partial charge on any atom is -0.457 e. The highest BCUT2D eigenvalue weighted by Gasteiger charge is 2.42. The Bertz CT molecular complexity index is 715. The molecule has 0 aromatic carbocycles. The van der Waals surface area contributed by atoms with Gasteiger partial charge in [-0.2, -0.15) is 0 Å².